The van der Waals surface area contributed by atoms with Crippen molar-refractivity contribution in [3.63, 3.8) is 0 Å². The summed E-state index contributed by atoms with van der Waals surface area (Å²) in [5, 5.41) is 2.45. The molecule has 0 unspecified atom stereocenters. The van der Waals surface area contributed by atoms with E-state index in [0.29, 0.717) is 6.07 Å². The van der Waals surface area contributed by atoms with Gasteiger partial charge in [0.1, 0.15) is 17.7 Å². The largest absolute Gasteiger partial charge is 0.467 e. The molecule has 0 bridgehead atoms. The Morgan fingerprint density at radius 1 is 1.08 bits per heavy atom. The molecule has 0 saturated carbocycles. The maximum Gasteiger partial charge on any atom is 0.328 e. The molecule has 1 N–H and O–H groups in total. The summed E-state index contributed by atoms with van der Waals surface area (Å²) in [5.74, 6) is -3.13. The Kier molecular flexibility index (Phi) is 5.63. The van der Waals surface area contributed by atoms with Crippen molar-refractivity contribution in [2.24, 2.45) is 0 Å². The fourth-order valence-corrected chi connectivity index (χ4v) is 2.22. The third-order valence-corrected chi connectivity index (χ3v) is 3.48. The van der Waals surface area contributed by atoms with Crippen LogP contribution < -0.4 is 5.32 Å². The van der Waals surface area contributed by atoms with E-state index in [0.717, 1.165) is 23.3 Å². The van der Waals surface area contributed by atoms with Crippen molar-refractivity contribution in [1.29, 1.82) is 0 Å². The van der Waals surface area contributed by atoms with Crippen molar-refractivity contribution >= 4 is 11.9 Å². The van der Waals surface area contributed by atoms with Crippen molar-refractivity contribution < 1.29 is 23.1 Å². The van der Waals surface area contributed by atoms with E-state index in [4.69, 9.17) is 4.74 Å². The number of halogens is 2. The molecule has 2 aromatic rings. The first-order chi connectivity index (χ1) is 11.4. The van der Waals surface area contributed by atoms with Crippen molar-refractivity contribution in [3.8, 4) is 0 Å². The van der Waals surface area contributed by atoms with E-state index in [1.54, 1.807) is 0 Å². The van der Waals surface area contributed by atoms with E-state index < -0.39 is 29.6 Å². The predicted octanol–water partition coefficient (Wildman–Crippen LogP) is 2.79. The van der Waals surface area contributed by atoms with E-state index in [2.05, 4.69) is 5.32 Å². The van der Waals surface area contributed by atoms with Crippen LogP contribution in [-0.4, -0.2) is 25.0 Å². The zero-order chi connectivity index (χ0) is 17.7. The van der Waals surface area contributed by atoms with E-state index >= 15 is 0 Å². The molecule has 0 saturated heterocycles. The molecule has 0 aliphatic rings. The van der Waals surface area contributed by atoms with E-state index in [1.807, 2.05) is 31.2 Å². The number of carbonyl (C=O) groups is 2. The second kappa shape index (κ2) is 7.68. The van der Waals surface area contributed by atoms with Crippen LogP contribution in [0.2, 0.25) is 0 Å². The summed E-state index contributed by atoms with van der Waals surface area (Å²) in [7, 11) is 1.21. The van der Waals surface area contributed by atoms with Gasteiger partial charge in [-0.15, -0.1) is 0 Å². The minimum absolute atomic E-state index is 0.203. The van der Waals surface area contributed by atoms with Gasteiger partial charge in [0.15, 0.2) is 0 Å². The Hall–Kier alpha value is -2.76. The highest BCUT2D eigenvalue weighted by Crippen LogP contribution is 2.11. The standard InChI is InChI=1S/C18H17F2NO3/c1-11-3-5-12(6-4-11)7-16(18(23)24-2)21-17(22)13-8-14(19)10-15(20)9-13/h3-6,8-10,16H,7H2,1-2H3,(H,21,22)/t16-/m1/s1. The van der Waals surface area contributed by atoms with Crippen molar-refractivity contribution in [1.82, 2.24) is 5.32 Å². The monoisotopic (exact) mass is 333 g/mol. The van der Waals surface area contributed by atoms with Crippen LogP contribution in [0.25, 0.3) is 0 Å². The molecule has 2 rings (SSSR count). The minimum atomic E-state index is -0.962. The minimum Gasteiger partial charge on any atom is -0.467 e. The number of benzene rings is 2. The highest BCUT2D eigenvalue weighted by atomic mass is 19.1. The summed E-state index contributed by atoms with van der Waals surface area (Å²) in [6.45, 7) is 1.93. The molecule has 0 spiro atoms. The van der Waals surface area contributed by atoms with E-state index in [1.165, 1.54) is 7.11 Å². The van der Waals surface area contributed by atoms with Gasteiger partial charge in [0.25, 0.3) is 5.91 Å². The van der Waals surface area contributed by atoms with Gasteiger partial charge < -0.3 is 10.1 Å². The summed E-state index contributed by atoms with van der Waals surface area (Å²) < 4.78 is 31.1. The number of ether oxygens (including phenoxy) is 1. The van der Waals surface area contributed by atoms with Crippen molar-refractivity contribution in [2.75, 3.05) is 7.11 Å². The van der Waals surface area contributed by atoms with E-state index in [-0.39, 0.29) is 12.0 Å². The first-order valence-corrected chi connectivity index (χ1v) is 7.29. The molecule has 1 amide bonds. The normalized spacial score (nSPS) is 11.7. The zero-order valence-corrected chi connectivity index (χ0v) is 13.3. The van der Waals surface area contributed by atoms with Crippen LogP contribution in [0.1, 0.15) is 21.5 Å². The molecule has 0 aliphatic heterocycles. The Bertz CT molecular complexity index is 724. The van der Waals surface area contributed by atoms with Crippen LogP contribution in [-0.2, 0) is 16.0 Å². The molecular weight excluding hydrogens is 316 g/mol. The Morgan fingerprint density at radius 2 is 1.67 bits per heavy atom. The van der Waals surface area contributed by atoms with Gasteiger partial charge in [0, 0.05) is 18.1 Å². The summed E-state index contributed by atoms with van der Waals surface area (Å²) in [6, 6.07) is 8.94. The molecule has 0 radical (unpaired) electrons. The quantitative estimate of drug-likeness (QED) is 0.856. The summed E-state index contributed by atoms with van der Waals surface area (Å²) in [4.78, 5) is 24.1. The van der Waals surface area contributed by atoms with Crippen molar-refractivity contribution in [2.45, 2.75) is 19.4 Å². The number of rotatable bonds is 5. The molecule has 0 aromatic heterocycles. The maximum atomic E-state index is 13.2. The number of esters is 1. The third kappa shape index (κ3) is 4.62. The topological polar surface area (TPSA) is 55.4 Å². The fraction of sp³-hybridized carbons (Fsp3) is 0.222. The maximum absolute atomic E-state index is 13.2. The fourth-order valence-electron chi connectivity index (χ4n) is 2.22. The molecule has 0 aliphatic carbocycles. The average molecular weight is 333 g/mol. The lowest BCUT2D eigenvalue weighted by Crippen LogP contribution is -2.43. The van der Waals surface area contributed by atoms with Crippen LogP contribution in [0.3, 0.4) is 0 Å². The summed E-state index contributed by atoms with van der Waals surface area (Å²) >= 11 is 0. The van der Waals surface area contributed by atoms with Gasteiger partial charge in [-0.1, -0.05) is 29.8 Å². The number of hydrogen-bond donors (Lipinski definition) is 1. The molecular formula is C18H17F2NO3. The zero-order valence-electron chi connectivity index (χ0n) is 13.3. The Labute approximate surface area is 138 Å². The lowest BCUT2D eigenvalue weighted by Gasteiger charge is -2.17. The lowest BCUT2D eigenvalue weighted by molar-refractivity contribution is -0.142. The molecule has 2 aromatic carbocycles. The van der Waals surface area contributed by atoms with Crippen LogP contribution >= 0.6 is 0 Å². The highest BCUT2D eigenvalue weighted by molar-refractivity contribution is 5.96. The van der Waals surface area contributed by atoms with E-state index in [9.17, 15) is 18.4 Å². The van der Waals surface area contributed by atoms with Gasteiger partial charge in [-0.3, -0.25) is 4.79 Å². The van der Waals surface area contributed by atoms with Gasteiger partial charge in [0.05, 0.1) is 7.11 Å². The number of carbonyl (C=O) groups excluding carboxylic acids is 2. The van der Waals surface area contributed by atoms with Gasteiger partial charge in [-0.2, -0.15) is 0 Å². The van der Waals surface area contributed by atoms with Crippen LogP contribution in [0, 0.1) is 18.6 Å². The first-order valence-electron chi connectivity index (χ1n) is 7.29. The Morgan fingerprint density at radius 3 is 2.21 bits per heavy atom. The van der Waals surface area contributed by atoms with Crippen LogP contribution in [0.5, 0.6) is 0 Å². The predicted molar refractivity (Wildman–Crippen MR) is 84.5 cm³/mol. The second-order valence-electron chi connectivity index (χ2n) is 5.40. The molecule has 0 heterocycles. The first kappa shape index (κ1) is 17.6. The van der Waals surface area contributed by atoms with Gasteiger partial charge >= 0.3 is 5.97 Å². The molecule has 126 valence electrons. The molecule has 6 heteroatoms. The number of methoxy groups -OCH3 is 1. The average Bonchev–Trinajstić information content (AvgIpc) is 2.54. The molecule has 4 nitrogen and oxygen atoms in total. The molecule has 1 atom stereocenters. The Balaban J connectivity index is 2.17. The molecule has 0 fully saturated rings. The highest BCUT2D eigenvalue weighted by Gasteiger charge is 2.23. The summed E-state index contributed by atoms with van der Waals surface area (Å²) in [6.07, 6.45) is 0.205. The van der Waals surface area contributed by atoms with Crippen LogP contribution in [0.15, 0.2) is 42.5 Å². The molecule has 24 heavy (non-hydrogen) atoms. The number of aryl methyl sites for hydroxylation is 1. The van der Waals surface area contributed by atoms with Gasteiger partial charge in [-0.25, -0.2) is 13.6 Å². The second-order valence-corrected chi connectivity index (χ2v) is 5.40. The van der Waals surface area contributed by atoms with Gasteiger partial charge in [0.2, 0.25) is 0 Å². The summed E-state index contributed by atoms with van der Waals surface area (Å²) in [5.41, 5.74) is 1.68. The number of hydrogen-bond acceptors (Lipinski definition) is 3. The van der Waals surface area contributed by atoms with Crippen molar-refractivity contribution in [3.05, 3.63) is 70.8 Å². The number of nitrogens with one attached hydrogen (secondary N) is 1. The third-order valence-electron chi connectivity index (χ3n) is 3.48. The van der Waals surface area contributed by atoms with Gasteiger partial charge in [-0.05, 0) is 24.6 Å². The van der Waals surface area contributed by atoms with Crippen LogP contribution in [0.4, 0.5) is 8.78 Å². The SMILES string of the molecule is COC(=O)[C@@H](Cc1ccc(C)cc1)NC(=O)c1cc(F)cc(F)c1. The lowest BCUT2D eigenvalue weighted by atomic mass is 10.0. The smallest absolute Gasteiger partial charge is 0.328 e. The number of amides is 1.